The number of aromatic amines is 1. The number of aromatic nitrogens is 1. The Balaban J connectivity index is 2.16. The molecular weight excluding hydrogens is 229 g/mol. The van der Waals surface area contributed by atoms with Crippen LogP contribution in [0.4, 0.5) is 4.39 Å². The van der Waals surface area contributed by atoms with E-state index in [1.54, 1.807) is 36.5 Å². The predicted molar refractivity (Wildman–Crippen MR) is 69.1 cm³/mol. The molecule has 3 rings (SSSR count). The number of halogens is 1. The molecule has 2 aromatic carbocycles. The van der Waals surface area contributed by atoms with Gasteiger partial charge in [-0.3, -0.25) is 4.79 Å². The smallest absolute Gasteiger partial charge is 0.150 e. The summed E-state index contributed by atoms with van der Waals surface area (Å²) in [5.41, 5.74) is 2.67. The van der Waals surface area contributed by atoms with Crippen LogP contribution in [0, 0.1) is 5.82 Å². The molecule has 3 heteroatoms. The van der Waals surface area contributed by atoms with Crippen LogP contribution in [0.2, 0.25) is 0 Å². The summed E-state index contributed by atoms with van der Waals surface area (Å²) in [6.45, 7) is 0. The maximum atomic E-state index is 14.0. The Morgan fingerprint density at radius 3 is 2.56 bits per heavy atom. The van der Waals surface area contributed by atoms with Gasteiger partial charge in [0.15, 0.2) is 0 Å². The van der Waals surface area contributed by atoms with E-state index in [-0.39, 0.29) is 5.82 Å². The normalized spacial score (nSPS) is 10.7. The topological polar surface area (TPSA) is 32.9 Å². The number of H-pyrrole nitrogens is 1. The van der Waals surface area contributed by atoms with Gasteiger partial charge in [-0.05, 0) is 23.8 Å². The monoisotopic (exact) mass is 239 g/mol. The summed E-state index contributed by atoms with van der Waals surface area (Å²) in [5.74, 6) is -0.274. The van der Waals surface area contributed by atoms with E-state index in [0.29, 0.717) is 11.1 Å². The molecule has 2 nitrogen and oxygen atoms in total. The number of aldehydes is 1. The molecule has 88 valence electrons. The summed E-state index contributed by atoms with van der Waals surface area (Å²) in [5, 5.41) is 0.964. The van der Waals surface area contributed by atoms with E-state index in [9.17, 15) is 9.18 Å². The van der Waals surface area contributed by atoms with Crippen LogP contribution in [0.25, 0.3) is 22.0 Å². The van der Waals surface area contributed by atoms with Gasteiger partial charge in [0.1, 0.15) is 12.1 Å². The Hall–Kier alpha value is -2.42. The van der Waals surface area contributed by atoms with Crippen LogP contribution in [0.1, 0.15) is 10.4 Å². The first-order valence-corrected chi connectivity index (χ1v) is 5.60. The molecule has 0 fully saturated rings. The van der Waals surface area contributed by atoms with E-state index in [1.807, 2.05) is 6.07 Å². The number of nitrogens with one attached hydrogen (secondary N) is 1. The van der Waals surface area contributed by atoms with E-state index in [4.69, 9.17) is 0 Å². The van der Waals surface area contributed by atoms with Crippen molar-refractivity contribution in [3.8, 4) is 11.1 Å². The van der Waals surface area contributed by atoms with Gasteiger partial charge < -0.3 is 4.98 Å². The summed E-state index contributed by atoms with van der Waals surface area (Å²) in [6.07, 6.45) is 2.55. The molecule has 0 radical (unpaired) electrons. The first-order chi connectivity index (χ1) is 8.78. The van der Waals surface area contributed by atoms with Crippen molar-refractivity contribution in [2.45, 2.75) is 0 Å². The van der Waals surface area contributed by atoms with Crippen LogP contribution >= 0.6 is 0 Å². The van der Waals surface area contributed by atoms with Crippen molar-refractivity contribution in [1.29, 1.82) is 0 Å². The second-order valence-corrected chi connectivity index (χ2v) is 4.14. The average Bonchev–Trinajstić information content (AvgIpc) is 2.85. The Labute approximate surface area is 103 Å². The van der Waals surface area contributed by atoms with Gasteiger partial charge in [-0.25, -0.2) is 4.39 Å². The van der Waals surface area contributed by atoms with Gasteiger partial charge in [-0.1, -0.05) is 24.3 Å². The second-order valence-electron chi connectivity index (χ2n) is 4.14. The maximum Gasteiger partial charge on any atom is 0.150 e. The van der Waals surface area contributed by atoms with Crippen molar-refractivity contribution in [1.82, 2.24) is 4.98 Å². The third kappa shape index (κ3) is 1.70. The van der Waals surface area contributed by atoms with Crippen LogP contribution in [-0.2, 0) is 0 Å². The van der Waals surface area contributed by atoms with E-state index < -0.39 is 0 Å². The summed E-state index contributed by atoms with van der Waals surface area (Å²) < 4.78 is 14.0. The number of carbonyl (C=O) groups excluding carboxylic acids is 1. The zero-order valence-electron chi connectivity index (χ0n) is 9.48. The maximum absolute atomic E-state index is 14.0. The van der Waals surface area contributed by atoms with Crippen LogP contribution in [0.3, 0.4) is 0 Å². The summed E-state index contributed by atoms with van der Waals surface area (Å²) in [7, 11) is 0. The number of benzene rings is 2. The molecule has 1 aromatic heterocycles. The Morgan fingerprint density at radius 1 is 1.06 bits per heavy atom. The molecule has 0 spiro atoms. The molecule has 0 bridgehead atoms. The molecule has 1 heterocycles. The Bertz CT molecular complexity index is 713. The lowest BCUT2D eigenvalue weighted by molar-refractivity contribution is 0.112. The highest BCUT2D eigenvalue weighted by Crippen LogP contribution is 2.27. The average molecular weight is 239 g/mol. The van der Waals surface area contributed by atoms with Crippen molar-refractivity contribution in [3.05, 3.63) is 60.0 Å². The van der Waals surface area contributed by atoms with Gasteiger partial charge >= 0.3 is 0 Å². The molecule has 0 saturated carbocycles. The molecule has 0 aliphatic rings. The molecule has 0 amide bonds. The van der Waals surface area contributed by atoms with Crippen LogP contribution in [-0.4, -0.2) is 11.3 Å². The lowest BCUT2D eigenvalue weighted by Crippen LogP contribution is -1.86. The Morgan fingerprint density at radius 2 is 1.83 bits per heavy atom. The summed E-state index contributed by atoms with van der Waals surface area (Å²) >= 11 is 0. The van der Waals surface area contributed by atoms with E-state index in [2.05, 4.69) is 4.98 Å². The van der Waals surface area contributed by atoms with Gasteiger partial charge in [0, 0.05) is 28.2 Å². The molecule has 0 saturated heterocycles. The fourth-order valence-corrected chi connectivity index (χ4v) is 2.04. The SMILES string of the molecule is O=Cc1ccc(-c2cc3cc[nH]c3cc2F)cc1. The molecule has 0 atom stereocenters. The quantitative estimate of drug-likeness (QED) is 0.678. The lowest BCUT2D eigenvalue weighted by Gasteiger charge is -2.04. The number of rotatable bonds is 2. The van der Waals surface area contributed by atoms with Crippen molar-refractivity contribution < 1.29 is 9.18 Å². The predicted octanol–water partition coefficient (Wildman–Crippen LogP) is 3.79. The largest absolute Gasteiger partial charge is 0.361 e. The van der Waals surface area contributed by atoms with Crippen molar-refractivity contribution >= 4 is 17.2 Å². The van der Waals surface area contributed by atoms with Gasteiger partial charge in [-0.15, -0.1) is 0 Å². The summed E-state index contributed by atoms with van der Waals surface area (Å²) in [4.78, 5) is 13.6. The molecule has 3 aromatic rings. The fraction of sp³-hybridized carbons (Fsp3) is 0. The van der Waals surface area contributed by atoms with E-state index >= 15 is 0 Å². The number of fused-ring (bicyclic) bond motifs is 1. The molecule has 18 heavy (non-hydrogen) atoms. The van der Waals surface area contributed by atoms with E-state index in [1.165, 1.54) is 6.07 Å². The zero-order valence-corrected chi connectivity index (χ0v) is 9.48. The Kier molecular flexibility index (Phi) is 2.45. The zero-order chi connectivity index (χ0) is 12.5. The van der Waals surface area contributed by atoms with Crippen molar-refractivity contribution in [2.75, 3.05) is 0 Å². The van der Waals surface area contributed by atoms with Crippen molar-refractivity contribution in [2.24, 2.45) is 0 Å². The third-order valence-electron chi connectivity index (χ3n) is 3.00. The third-order valence-corrected chi connectivity index (χ3v) is 3.00. The summed E-state index contributed by atoms with van der Waals surface area (Å²) in [6, 6.07) is 12.1. The first kappa shape index (κ1) is 10.7. The fourth-order valence-electron chi connectivity index (χ4n) is 2.04. The molecule has 1 N–H and O–H groups in total. The van der Waals surface area contributed by atoms with Crippen LogP contribution < -0.4 is 0 Å². The number of carbonyl (C=O) groups is 1. The van der Waals surface area contributed by atoms with Gasteiger partial charge in [-0.2, -0.15) is 0 Å². The highest BCUT2D eigenvalue weighted by Gasteiger charge is 2.07. The van der Waals surface area contributed by atoms with Gasteiger partial charge in [0.2, 0.25) is 0 Å². The molecule has 0 aliphatic heterocycles. The molecule has 0 unspecified atom stereocenters. The molecule has 0 aliphatic carbocycles. The van der Waals surface area contributed by atoms with Gasteiger partial charge in [0.05, 0.1) is 0 Å². The van der Waals surface area contributed by atoms with E-state index in [0.717, 1.165) is 22.8 Å². The molecular formula is C15H10FNO. The first-order valence-electron chi connectivity index (χ1n) is 5.60. The minimum atomic E-state index is -0.274. The minimum Gasteiger partial charge on any atom is -0.361 e. The van der Waals surface area contributed by atoms with Crippen molar-refractivity contribution in [3.63, 3.8) is 0 Å². The second kappa shape index (κ2) is 4.11. The van der Waals surface area contributed by atoms with Crippen LogP contribution in [0.5, 0.6) is 0 Å². The van der Waals surface area contributed by atoms with Crippen LogP contribution in [0.15, 0.2) is 48.7 Å². The van der Waals surface area contributed by atoms with Gasteiger partial charge in [0.25, 0.3) is 0 Å². The number of hydrogen-bond donors (Lipinski definition) is 1. The number of hydrogen-bond acceptors (Lipinski definition) is 1. The minimum absolute atomic E-state index is 0.274. The standard InChI is InChI=1S/C15H10FNO/c16-14-8-15-12(5-6-17-15)7-13(14)11-3-1-10(9-18)2-4-11/h1-9,17H. The highest BCUT2D eigenvalue weighted by atomic mass is 19.1. The highest BCUT2D eigenvalue weighted by molar-refractivity contribution is 5.86. The lowest BCUT2D eigenvalue weighted by atomic mass is 10.0.